The monoisotopic (exact) mass is 357 g/mol. The Morgan fingerprint density at radius 2 is 1.83 bits per heavy atom. The molecular formula is C17H21Cl2NO3. The predicted octanol–water partition coefficient (Wildman–Crippen LogP) is 4.23. The van der Waals surface area contributed by atoms with Crippen LogP contribution in [0.25, 0.3) is 0 Å². The largest absolute Gasteiger partial charge is 0.449 e. The fraction of sp³-hybridized carbons (Fsp3) is 0.529. The molecule has 23 heavy (non-hydrogen) atoms. The molecule has 0 heterocycles. The Bertz CT molecular complexity index is 571. The lowest BCUT2D eigenvalue weighted by Gasteiger charge is -2.30. The van der Waals surface area contributed by atoms with Crippen LogP contribution in [0.2, 0.25) is 10.0 Å². The number of esters is 1. The molecule has 1 N–H and O–H groups in total. The van der Waals surface area contributed by atoms with Crippen molar-refractivity contribution in [3.05, 3.63) is 33.8 Å². The van der Waals surface area contributed by atoms with Crippen LogP contribution in [0.4, 0.5) is 0 Å². The van der Waals surface area contributed by atoms with Crippen LogP contribution in [0.5, 0.6) is 0 Å². The van der Waals surface area contributed by atoms with Crippen molar-refractivity contribution in [2.24, 2.45) is 5.92 Å². The number of ether oxygens (including phenoxy) is 1. The van der Waals surface area contributed by atoms with Crippen molar-refractivity contribution in [3.63, 3.8) is 0 Å². The first-order valence-electron chi connectivity index (χ1n) is 7.85. The molecule has 1 aliphatic rings. The van der Waals surface area contributed by atoms with Crippen molar-refractivity contribution in [1.82, 2.24) is 5.32 Å². The van der Waals surface area contributed by atoms with Crippen molar-refractivity contribution < 1.29 is 14.3 Å². The van der Waals surface area contributed by atoms with Gasteiger partial charge in [0.05, 0.1) is 15.6 Å². The maximum atomic E-state index is 12.2. The number of amides is 1. The van der Waals surface area contributed by atoms with Gasteiger partial charge in [-0.2, -0.15) is 0 Å². The van der Waals surface area contributed by atoms with E-state index in [4.69, 9.17) is 27.9 Å². The van der Waals surface area contributed by atoms with Gasteiger partial charge in [0, 0.05) is 6.04 Å². The van der Waals surface area contributed by atoms with E-state index >= 15 is 0 Å². The molecule has 0 unspecified atom stereocenters. The van der Waals surface area contributed by atoms with Gasteiger partial charge in [0.2, 0.25) is 0 Å². The second-order valence-electron chi connectivity index (χ2n) is 6.02. The number of hydrogen-bond donors (Lipinski definition) is 1. The van der Waals surface area contributed by atoms with Crippen LogP contribution in [-0.2, 0) is 9.53 Å². The van der Waals surface area contributed by atoms with Crippen LogP contribution in [0.3, 0.4) is 0 Å². The van der Waals surface area contributed by atoms with Crippen molar-refractivity contribution >= 4 is 35.1 Å². The Kier molecular flexibility index (Phi) is 6.31. The van der Waals surface area contributed by atoms with Crippen molar-refractivity contribution in [3.8, 4) is 0 Å². The molecule has 0 bridgehead atoms. The lowest BCUT2D eigenvalue weighted by Crippen LogP contribution is -2.46. The molecule has 1 aliphatic carbocycles. The number of hydrogen-bond acceptors (Lipinski definition) is 3. The highest BCUT2D eigenvalue weighted by Crippen LogP contribution is 2.26. The zero-order chi connectivity index (χ0) is 17.0. The molecule has 2 rings (SSSR count). The summed E-state index contributed by atoms with van der Waals surface area (Å²) in [5, 5.41) is 3.38. The van der Waals surface area contributed by atoms with Gasteiger partial charge in [-0.1, -0.05) is 49.0 Å². The Morgan fingerprint density at radius 1 is 1.22 bits per heavy atom. The van der Waals surface area contributed by atoms with Crippen LogP contribution in [-0.4, -0.2) is 24.0 Å². The topological polar surface area (TPSA) is 55.4 Å². The van der Waals surface area contributed by atoms with Gasteiger partial charge in [0.1, 0.15) is 0 Å². The highest BCUT2D eigenvalue weighted by molar-refractivity contribution is 6.39. The van der Waals surface area contributed by atoms with Gasteiger partial charge in [-0.3, -0.25) is 4.79 Å². The second kappa shape index (κ2) is 8.02. The highest BCUT2D eigenvalue weighted by Gasteiger charge is 2.27. The first kappa shape index (κ1) is 18.1. The summed E-state index contributed by atoms with van der Waals surface area (Å²) < 4.78 is 5.22. The third-order valence-electron chi connectivity index (χ3n) is 4.26. The standard InChI is InChI=1S/C17H21Cl2NO3/c1-10-6-3-4-9-14(10)20-16(21)11(2)23-17(22)15-12(18)7-5-8-13(15)19/h5,7-8,10-11,14H,3-4,6,9H2,1-2H3,(H,20,21)/t10-,11+,14+/m0/s1. The quantitative estimate of drug-likeness (QED) is 0.820. The van der Waals surface area contributed by atoms with Gasteiger partial charge in [0.15, 0.2) is 6.10 Å². The molecular weight excluding hydrogens is 337 g/mol. The van der Waals surface area contributed by atoms with Gasteiger partial charge >= 0.3 is 5.97 Å². The van der Waals surface area contributed by atoms with E-state index in [1.165, 1.54) is 6.42 Å². The average molecular weight is 358 g/mol. The summed E-state index contributed by atoms with van der Waals surface area (Å²) in [6.45, 7) is 3.68. The number of halogens is 2. The first-order valence-corrected chi connectivity index (χ1v) is 8.61. The lowest BCUT2D eigenvalue weighted by atomic mass is 9.86. The van der Waals surface area contributed by atoms with Crippen molar-refractivity contribution in [2.45, 2.75) is 51.7 Å². The summed E-state index contributed by atoms with van der Waals surface area (Å²) >= 11 is 12.0. The summed E-state index contributed by atoms with van der Waals surface area (Å²) in [5.41, 5.74) is 0.0847. The molecule has 0 radical (unpaired) electrons. The summed E-state index contributed by atoms with van der Waals surface area (Å²) in [4.78, 5) is 24.4. The molecule has 0 aliphatic heterocycles. The average Bonchev–Trinajstić information content (AvgIpc) is 2.49. The Hall–Kier alpha value is -1.26. The second-order valence-corrected chi connectivity index (χ2v) is 6.84. The zero-order valence-corrected chi connectivity index (χ0v) is 14.8. The molecule has 0 saturated heterocycles. The molecule has 0 spiro atoms. The number of carbonyl (C=O) groups excluding carboxylic acids is 2. The summed E-state index contributed by atoms with van der Waals surface area (Å²) in [5.74, 6) is -0.547. The third kappa shape index (κ3) is 4.61. The Balaban J connectivity index is 1.96. The van der Waals surface area contributed by atoms with Gasteiger partial charge in [-0.05, 0) is 37.8 Å². The van der Waals surface area contributed by atoms with Crippen LogP contribution in [0.1, 0.15) is 49.9 Å². The van der Waals surface area contributed by atoms with E-state index in [1.54, 1.807) is 25.1 Å². The van der Waals surface area contributed by atoms with Crippen molar-refractivity contribution in [2.75, 3.05) is 0 Å². The normalized spacial score (nSPS) is 22.3. The van der Waals surface area contributed by atoms with E-state index in [0.29, 0.717) is 5.92 Å². The maximum Gasteiger partial charge on any atom is 0.341 e. The summed E-state index contributed by atoms with van der Waals surface area (Å²) in [6.07, 6.45) is 3.48. The maximum absolute atomic E-state index is 12.2. The molecule has 1 fully saturated rings. The van der Waals surface area contributed by atoms with Gasteiger partial charge in [0.25, 0.3) is 5.91 Å². The molecule has 126 valence electrons. The molecule has 0 aromatic heterocycles. The molecule has 4 nitrogen and oxygen atoms in total. The fourth-order valence-electron chi connectivity index (χ4n) is 2.80. The number of rotatable bonds is 4. The van der Waals surface area contributed by atoms with Crippen LogP contribution in [0, 0.1) is 5.92 Å². The van der Waals surface area contributed by atoms with E-state index < -0.39 is 12.1 Å². The molecule has 1 aromatic carbocycles. The molecule has 1 saturated carbocycles. The molecule has 6 heteroatoms. The minimum atomic E-state index is -0.899. The molecule has 1 amide bonds. The van der Waals surface area contributed by atoms with E-state index in [0.717, 1.165) is 19.3 Å². The van der Waals surface area contributed by atoms with Crippen LogP contribution in [0.15, 0.2) is 18.2 Å². The van der Waals surface area contributed by atoms with Gasteiger partial charge < -0.3 is 10.1 Å². The molecule has 1 aromatic rings. The number of benzene rings is 1. The minimum Gasteiger partial charge on any atom is -0.449 e. The van der Waals surface area contributed by atoms with Crippen LogP contribution >= 0.6 is 23.2 Å². The van der Waals surface area contributed by atoms with Crippen LogP contribution < -0.4 is 5.32 Å². The van der Waals surface area contributed by atoms with E-state index in [9.17, 15) is 9.59 Å². The van der Waals surface area contributed by atoms with E-state index in [-0.39, 0.29) is 27.6 Å². The lowest BCUT2D eigenvalue weighted by molar-refractivity contribution is -0.130. The first-order chi connectivity index (χ1) is 10.9. The van der Waals surface area contributed by atoms with Gasteiger partial charge in [-0.25, -0.2) is 4.79 Å². The predicted molar refractivity (Wildman–Crippen MR) is 90.9 cm³/mol. The fourth-order valence-corrected chi connectivity index (χ4v) is 3.35. The summed E-state index contributed by atoms with van der Waals surface area (Å²) in [7, 11) is 0. The molecule has 3 atom stereocenters. The number of nitrogens with one attached hydrogen (secondary N) is 1. The van der Waals surface area contributed by atoms with E-state index in [2.05, 4.69) is 12.2 Å². The SMILES string of the molecule is C[C@@H](OC(=O)c1c(Cl)cccc1Cl)C(=O)N[C@@H]1CCCC[C@@H]1C. The smallest absolute Gasteiger partial charge is 0.341 e. The van der Waals surface area contributed by atoms with Gasteiger partial charge in [-0.15, -0.1) is 0 Å². The van der Waals surface area contributed by atoms with E-state index in [1.807, 2.05) is 0 Å². The zero-order valence-electron chi connectivity index (χ0n) is 13.3. The Labute approximate surface area is 146 Å². The third-order valence-corrected chi connectivity index (χ3v) is 4.89. The number of carbonyl (C=O) groups is 2. The highest BCUT2D eigenvalue weighted by atomic mass is 35.5. The Morgan fingerprint density at radius 3 is 2.43 bits per heavy atom. The minimum absolute atomic E-state index is 0.0847. The summed E-state index contributed by atoms with van der Waals surface area (Å²) in [6, 6.07) is 4.89. The van der Waals surface area contributed by atoms with Crippen molar-refractivity contribution in [1.29, 1.82) is 0 Å².